The third-order valence-electron chi connectivity index (χ3n) is 3.07. The van der Waals surface area contributed by atoms with E-state index >= 15 is 0 Å². The number of benzene rings is 1. The minimum Gasteiger partial charge on any atom is -0.399 e. The van der Waals surface area contributed by atoms with Crippen molar-refractivity contribution in [2.75, 3.05) is 11.1 Å². The highest BCUT2D eigenvalue weighted by Gasteiger charge is 2.17. The number of carbonyl (C=O) groups is 1. The molecule has 0 bridgehead atoms. The number of carbonyl (C=O) groups excluding carboxylic acids is 1. The number of amides is 1. The number of nitrogens with zero attached hydrogens (tertiary/aromatic N) is 1. The van der Waals surface area contributed by atoms with Gasteiger partial charge in [-0.3, -0.25) is 4.79 Å². The minimum absolute atomic E-state index is 0.00929. The van der Waals surface area contributed by atoms with Gasteiger partial charge in [-0.15, -0.1) is 0 Å². The van der Waals surface area contributed by atoms with Gasteiger partial charge in [0.05, 0.1) is 11.3 Å². The highest BCUT2D eigenvalue weighted by Crippen LogP contribution is 2.21. The lowest BCUT2D eigenvalue weighted by atomic mass is 9.97. The molecule has 0 saturated carbocycles. The summed E-state index contributed by atoms with van der Waals surface area (Å²) in [4.78, 5) is 12.2. The third kappa shape index (κ3) is 4.29. The van der Waals surface area contributed by atoms with E-state index in [2.05, 4.69) is 19.2 Å². The minimum atomic E-state index is -0.00929. The fourth-order valence-electron chi connectivity index (χ4n) is 2.10. The van der Waals surface area contributed by atoms with Crippen LogP contribution in [-0.4, -0.2) is 5.91 Å². The summed E-state index contributed by atoms with van der Waals surface area (Å²) in [7, 11) is 0. The van der Waals surface area contributed by atoms with Crippen molar-refractivity contribution in [3.8, 4) is 6.07 Å². The number of hydrogen-bond donors (Lipinski definition) is 2. The Balaban J connectivity index is 2.83. The molecule has 19 heavy (non-hydrogen) atoms. The van der Waals surface area contributed by atoms with Crippen LogP contribution in [0.4, 0.5) is 11.4 Å². The summed E-state index contributed by atoms with van der Waals surface area (Å²) in [6.07, 6.45) is 3.70. The molecule has 0 fully saturated rings. The number of nitrogen functional groups attached to an aromatic ring is 1. The van der Waals surface area contributed by atoms with Crippen LogP contribution in [0.25, 0.3) is 0 Å². The van der Waals surface area contributed by atoms with Gasteiger partial charge < -0.3 is 11.1 Å². The molecule has 1 rings (SSSR count). The third-order valence-corrected chi connectivity index (χ3v) is 3.07. The van der Waals surface area contributed by atoms with Crippen molar-refractivity contribution < 1.29 is 4.79 Å². The first kappa shape index (κ1) is 15.0. The largest absolute Gasteiger partial charge is 0.399 e. The summed E-state index contributed by atoms with van der Waals surface area (Å²) < 4.78 is 0. The van der Waals surface area contributed by atoms with Crippen LogP contribution in [0.3, 0.4) is 0 Å². The monoisotopic (exact) mass is 259 g/mol. The van der Waals surface area contributed by atoms with Gasteiger partial charge in [0.2, 0.25) is 5.91 Å². The van der Waals surface area contributed by atoms with Crippen molar-refractivity contribution in [1.29, 1.82) is 5.26 Å². The Bertz CT molecular complexity index is 471. The van der Waals surface area contributed by atoms with E-state index in [1.165, 1.54) is 0 Å². The molecule has 3 N–H and O–H groups in total. The second-order valence-electron chi connectivity index (χ2n) is 4.68. The number of rotatable bonds is 6. The van der Waals surface area contributed by atoms with Gasteiger partial charge in [-0.2, -0.15) is 5.26 Å². The van der Waals surface area contributed by atoms with Crippen LogP contribution < -0.4 is 11.1 Å². The summed E-state index contributed by atoms with van der Waals surface area (Å²) in [6, 6.07) is 6.99. The van der Waals surface area contributed by atoms with E-state index in [1.54, 1.807) is 18.2 Å². The van der Waals surface area contributed by atoms with Crippen LogP contribution in [0.5, 0.6) is 0 Å². The second-order valence-corrected chi connectivity index (χ2v) is 4.68. The zero-order chi connectivity index (χ0) is 14.3. The predicted molar refractivity (Wildman–Crippen MR) is 77.5 cm³/mol. The quantitative estimate of drug-likeness (QED) is 0.769. The lowest BCUT2D eigenvalue weighted by molar-refractivity contribution is -0.120. The first-order valence-corrected chi connectivity index (χ1v) is 6.72. The maximum Gasteiger partial charge on any atom is 0.227 e. The lowest BCUT2D eigenvalue weighted by Crippen LogP contribution is -2.23. The molecule has 0 radical (unpaired) electrons. The molecule has 0 unspecified atom stereocenters. The van der Waals surface area contributed by atoms with E-state index in [-0.39, 0.29) is 11.8 Å². The van der Waals surface area contributed by atoms with E-state index in [0.717, 1.165) is 25.7 Å². The van der Waals surface area contributed by atoms with E-state index in [4.69, 9.17) is 11.0 Å². The molecule has 4 nitrogen and oxygen atoms in total. The van der Waals surface area contributed by atoms with Crippen LogP contribution in [0, 0.1) is 17.2 Å². The molecule has 102 valence electrons. The van der Waals surface area contributed by atoms with Gasteiger partial charge in [0.25, 0.3) is 0 Å². The fraction of sp³-hybridized carbons (Fsp3) is 0.467. The van der Waals surface area contributed by atoms with Gasteiger partial charge in [0.1, 0.15) is 6.07 Å². The van der Waals surface area contributed by atoms with Gasteiger partial charge >= 0.3 is 0 Å². The maximum atomic E-state index is 12.2. The average molecular weight is 259 g/mol. The lowest BCUT2D eigenvalue weighted by Gasteiger charge is -2.16. The van der Waals surface area contributed by atoms with Crippen molar-refractivity contribution in [2.45, 2.75) is 39.5 Å². The summed E-state index contributed by atoms with van der Waals surface area (Å²) in [5.74, 6) is 0.00377. The SMILES string of the molecule is CCCC(CCC)C(=O)Nc1ccc(N)cc1C#N. The summed E-state index contributed by atoms with van der Waals surface area (Å²) in [6.45, 7) is 4.14. The van der Waals surface area contributed by atoms with Crippen molar-refractivity contribution in [3.63, 3.8) is 0 Å². The second kappa shape index (κ2) is 7.42. The van der Waals surface area contributed by atoms with Gasteiger partial charge in [-0.05, 0) is 31.0 Å². The standard InChI is InChI=1S/C15H21N3O/c1-3-5-11(6-4-2)15(19)18-14-8-7-13(17)9-12(14)10-16/h7-9,11H,3-6,17H2,1-2H3,(H,18,19). The molecule has 0 saturated heterocycles. The Labute approximate surface area is 114 Å². The molecular formula is C15H21N3O. The van der Waals surface area contributed by atoms with Crippen LogP contribution in [0.15, 0.2) is 18.2 Å². The summed E-state index contributed by atoms with van der Waals surface area (Å²) in [5.41, 5.74) is 7.09. The Kier molecular flexibility index (Phi) is 5.87. The number of anilines is 2. The van der Waals surface area contributed by atoms with Crippen LogP contribution in [0.2, 0.25) is 0 Å². The molecule has 0 spiro atoms. The Morgan fingerprint density at radius 2 is 2.00 bits per heavy atom. The van der Waals surface area contributed by atoms with Crippen molar-refractivity contribution in [3.05, 3.63) is 23.8 Å². The number of nitrogens with two attached hydrogens (primary N) is 1. The number of nitrogens with one attached hydrogen (secondary N) is 1. The normalized spacial score (nSPS) is 10.2. The van der Waals surface area contributed by atoms with E-state index in [1.807, 2.05) is 6.07 Å². The van der Waals surface area contributed by atoms with E-state index in [9.17, 15) is 4.79 Å². The highest BCUT2D eigenvalue weighted by atomic mass is 16.1. The Morgan fingerprint density at radius 1 is 1.37 bits per heavy atom. The summed E-state index contributed by atoms with van der Waals surface area (Å²) >= 11 is 0. The maximum absolute atomic E-state index is 12.2. The molecule has 1 aromatic carbocycles. The molecule has 0 aromatic heterocycles. The molecule has 0 heterocycles. The molecule has 4 heteroatoms. The average Bonchev–Trinajstić information content (AvgIpc) is 2.40. The van der Waals surface area contributed by atoms with Gasteiger partial charge in [0, 0.05) is 11.6 Å². The zero-order valence-corrected chi connectivity index (χ0v) is 11.6. The molecule has 1 aromatic rings. The highest BCUT2D eigenvalue weighted by molar-refractivity contribution is 5.94. The Morgan fingerprint density at radius 3 is 2.53 bits per heavy atom. The van der Waals surface area contributed by atoms with Crippen LogP contribution >= 0.6 is 0 Å². The zero-order valence-electron chi connectivity index (χ0n) is 11.6. The van der Waals surface area contributed by atoms with Crippen molar-refractivity contribution in [2.24, 2.45) is 5.92 Å². The molecule has 0 aliphatic heterocycles. The van der Waals surface area contributed by atoms with Crippen LogP contribution in [-0.2, 0) is 4.79 Å². The first-order valence-electron chi connectivity index (χ1n) is 6.72. The molecule has 1 amide bonds. The predicted octanol–water partition coefficient (Wildman–Crippen LogP) is 3.30. The van der Waals surface area contributed by atoms with Gasteiger partial charge in [0.15, 0.2) is 0 Å². The van der Waals surface area contributed by atoms with Gasteiger partial charge in [-0.25, -0.2) is 0 Å². The van der Waals surface area contributed by atoms with Crippen molar-refractivity contribution in [1.82, 2.24) is 0 Å². The van der Waals surface area contributed by atoms with E-state index < -0.39 is 0 Å². The molecule has 0 atom stereocenters. The Hall–Kier alpha value is -2.02. The van der Waals surface area contributed by atoms with Crippen LogP contribution in [0.1, 0.15) is 45.1 Å². The van der Waals surface area contributed by atoms with Gasteiger partial charge in [-0.1, -0.05) is 26.7 Å². The number of hydrogen-bond acceptors (Lipinski definition) is 3. The molecule has 0 aliphatic carbocycles. The summed E-state index contributed by atoms with van der Waals surface area (Å²) in [5, 5.41) is 11.9. The molecule has 0 aliphatic rings. The smallest absolute Gasteiger partial charge is 0.227 e. The molecular weight excluding hydrogens is 238 g/mol. The van der Waals surface area contributed by atoms with Crippen molar-refractivity contribution >= 4 is 17.3 Å². The fourth-order valence-corrected chi connectivity index (χ4v) is 2.10. The van der Waals surface area contributed by atoms with E-state index in [0.29, 0.717) is 16.9 Å². The topological polar surface area (TPSA) is 78.9 Å². The first-order chi connectivity index (χ1) is 9.12. The number of nitriles is 1.